The summed E-state index contributed by atoms with van der Waals surface area (Å²) in [5, 5.41) is 2.81. The molecule has 138 valence electrons. The predicted octanol–water partition coefficient (Wildman–Crippen LogP) is 2.51. The van der Waals surface area contributed by atoms with Crippen LogP contribution in [0.4, 0.5) is 0 Å². The molecule has 0 aliphatic carbocycles. The van der Waals surface area contributed by atoms with Crippen LogP contribution in [0.1, 0.15) is 35.3 Å². The molecular weight excluding hydrogens is 354 g/mol. The lowest BCUT2D eigenvalue weighted by atomic mass is 10.0. The number of benzene rings is 2. The third kappa shape index (κ3) is 5.42. The molecule has 0 aromatic heterocycles. The minimum atomic E-state index is -3.33. The highest BCUT2D eigenvalue weighted by molar-refractivity contribution is 7.90. The van der Waals surface area contributed by atoms with Gasteiger partial charge in [-0.2, -0.15) is 0 Å². The van der Waals surface area contributed by atoms with Crippen molar-refractivity contribution in [1.82, 2.24) is 5.32 Å². The number of carbonyl (C=O) groups excluding carboxylic acids is 2. The maximum Gasteiger partial charge on any atom is 0.308 e. The SMILES string of the molecule is CCOC(=O)CC(NC(=O)c1ccc(S(C)(=O)=O)cc1)c1ccccc1. The summed E-state index contributed by atoms with van der Waals surface area (Å²) >= 11 is 0. The van der Waals surface area contributed by atoms with Crippen LogP contribution < -0.4 is 5.32 Å². The number of nitrogens with one attached hydrogen (secondary N) is 1. The smallest absolute Gasteiger partial charge is 0.308 e. The molecule has 0 bridgehead atoms. The largest absolute Gasteiger partial charge is 0.466 e. The predicted molar refractivity (Wildman–Crippen MR) is 97.5 cm³/mol. The molecule has 0 spiro atoms. The van der Waals surface area contributed by atoms with E-state index in [-0.39, 0.29) is 17.9 Å². The standard InChI is InChI=1S/C19H21NO5S/c1-3-25-18(21)13-17(14-7-5-4-6-8-14)20-19(22)15-9-11-16(12-10-15)26(2,23)24/h4-12,17H,3,13H2,1-2H3,(H,20,22). The third-order valence-electron chi connectivity index (χ3n) is 3.73. The first-order valence-electron chi connectivity index (χ1n) is 8.13. The summed E-state index contributed by atoms with van der Waals surface area (Å²) in [6.07, 6.45) is 1.11. The summed E-state index contributed by atoms with van der Waals surface area (Å²) in [5.41, 5.74) is 1.09. The summed E-state index contributed by atoms with van der Waals surface area (Å²) in [4.78, 5) is 24.5. The van der Waals surface area contributed by atoms with E-state index in [4.69, 9.17) is 4.74 Å². The Morgan fingerprint density at radius 2 is 1.65 bits per heavy atom. The Hall–Kier alpha value is -2.67. The fraction of sp³-hybridized carbons (Fsp3) is 0.263. The summed E-state index contributed by atoms with van der Waals surface area (Å²) < 4.78 is 28.0. The molecule has 0 aliphatic rings. The van der Waals surface area contributed by atoms with Crippen LogP contribution in [0.2, 0.25) is 0 Å². The number of hydrogen-bond donors (Lipinski definition) is 1. The van der Waals surface area contributed by atoms with Crippen molar-refractivity contribution in [2.75, 3.05) is 12.9 Å². The zero-order valence-electron chi connectivity index (χ0n) is 14.6. The van der Waals surface area contributed by atoms with Gasteiger partial charge in [-0.1, -0.05) is 30.3 Å². The van der Waals surface area contributed by atoms with E-state index in [0.29, 0.717) is 5.56 Å². The molecule has 7 heteroatoms. The third-order valence-corrected chi connectivity index (χ3v) is 4.86. The number of carbonyl (C=O) groups is 2. The molecule has 0 saturated carbocycles. The summed E-state index contributed by atoms with van der Waals surface area (Å²) in [7, 11) is -3.33. The van der Waals surface area contributed by atoms with Crippen molar-refractivity contribution in [3.63, 3.8) is 0 Å². The van der Waals surface area contributed by atoms with Crippen molar-refractivity contribution in [3.05, 3.63) is 65.7 Å². The van der Waals surface area contributed by atoms with Crippen LogP contribution in [0.5, 0.6) is 0 Å². The maximum absolute atomic E-state index is 12.5. The summed E-state index contributed by atoms with van der Waals surface area (Å²) in [6, 6.07) is 14.2. The van der Waals surface area contributed by atoms with E-state index in [1.807, 2.05) is 30.3 Å². The van der Waals surface area contributed by atoms with E-state index < -0.39 is 27.8 Å². The van der Waals surface area contributed by atoms with Gasteiger partial charge in [-0.15, -0.1) is 0 Å². The van der Waals surface area contributed by atoms with E-state index in [1.165, 1.54) is 24.3 Å². The van der Waals surface area contributed by atoms with Crippen molar-refractivity contribution in [3.8, 4) is 0 Å². The van der Waals surface area contributed by atoms with Crippen LogP contribution >= 0.6 is 0 Å². The highest BCUT2D eigenvalue weighted by Crippen LogP contribution is 2.19. The van der Waals surface area contributed by atoms with Gasteiger partial charge < -0.3 is 10.1 Å². The number of esters is 1. The average molecular weight is 375 g/mol. The lowest BCUT2D eigenvalue weighted by Crippen LogP contribution is -2.30. The molecule has 0 radical (unpaired) electrons. The second-order valence-corrected chi connectivity index (χ2v) is 7.76. The van der Waals surface area contributed by atoms with Gasteiger partial charge in [0.05, 0.1) is 24.0 Å². The van der Waals surface area contributed by atoms with E-state index in [0.717, 1.165) is 11.8 Å². The highest BCUT2D eigenvalue weighted by Gasteiger charge is 2.20. The van der Waals surface area contributed by atoms with E-state index >= 15 is 0 Å². The van der Waals surface area contributed by atoms with Gasteiger partial charge in [0.2, 0.25) is 0 Å². The first-order chi connectivity index (χ1) is 12.3. The minimum Gasteiger partial charge on any atom is -0.466 e. The van der Waals surface area contributed by atoms with Gasteiger partial charge in [0.25, 0.3) is 5.91 Å². The zero-order valence-corrected chi connectivity index (χ0v) is 15.5. The molecule has 1 amide bonds. The first kappa shape index (κ1) is 19.7. The van der Waals surface area contributed by atoms with Gasteiger partial charge in [-0.3, -0.25) is 9.59 Å². The maximum atomic E-state index is 12.5. The van der Waals surface area contributed by atoms with E-state index in [2.05, 4.69) is 5.32 Å². The Balaban J connectivity index is 2.19. The normalized spacial score (nSPS) is 12.2. The lowest BCUT2D eigenvalue weighted by molar-refractivity contribution is -0.143. The lowest BCUT2D eigenvalue weighted by Gasteiger charge is -2.18. The topological polar surface area (TPSA) is 89.5 Å². The van der Waals surface area contributed by atoms with Gasteiger partial charge in [0.15, 0.2) is 9.84 Å². The van der Waals surface area contributed by atoms with Crippen molar-refractivity contribution in [1.29, 1.82) is 0 Å². The minimum absolute atomic E-state index is 0.00498. The average Bonchev–Trinajstić information content (AvgIpc) is 2.61. The van der Waals surface area contributed by atoms with E-state index in [9.17, 15) is 18.0 Å². The Bertz CT molecular complexity index is 861. The second-order valence-electron chi connectivity index (χ2n) is 5.74. The molecule has 0 saturated heterocycles. The summed E-state index contributed by atoms with van der Waals surface area (Å²) in [6.45, 7) is 1.98. The van der Waals surface area contributed by atoms with Crippen molar-refractivity contribution < 1.29 is 22.7 Å². The van der Waals surface area contributed by atoms with Gasteiger partial charge in [-0.25, -0.2) is 8.42 Å². The van der Waals surface area contributed by atoms with Crippen molar-refractivity contribution in [2.45, 2.75) is 24.3 Å². The monoisotopic (exact) mass is 375 g/mol. The number of amides is 1. The molecule has 1 unspecified atom stereocenters. The molecule has 2 aromatic rings. The van der Waals surface area contributed by atoms with Crippen LogP contribution in [0.3, 0.4) is 0 Å². The van der Waals surface area contributed by atoms with Gasteiger partial charge >= 0.3 is 5.97 Å². The Kier molecular flexibility index (Phi) is 6.52. The van der Waals surface area contributed by atoms with Crippen LogP contribution in [-0.2, 0) is 19.4 Å². The molecule has 26 heavy (non-hydrogen) atoms. The highest BCUT2D eigenvalue weighted by atomic mass is 32.2. The van der Waals surface area contributed by atoms with Crippen LogP contribution in [-0.4, -0.2) is 33.2 Å². The number of sulfone groups is 1. The fourth-order valence-corrected chi connectivity index (χ4v) is 3.05. The Labute approximate surface area is 153 Å². The molecule has 0 aliphatic heterocycles. The van der Waals surface area contributed by atoms with Gasteiger partial charge in [0.1, 0.15) is 0 Å². The van der Waals surface area contributed by atoms with Crippen LogP contribution in [0, 0.1) is 0 Å². The van der Waals surface area contributed by atoms with Crippen LogP contribution in [0.15, 0.2) is 59.5 Å². The number of hydrogen-bond acceptors (Lipinski definition) is 5. The Morgan fingerprint density at radius 3 is 2.19 bits per heavy atom. The number of rotatable bonds is 7. The van der Waals surface area contributed by atoms with E-state index in [1.54, 1.807) is 6.92 Å². The second kappa shape index (κ2) is 8.62. The fourth-order valence-electron chi connectivity index (χ4n) is 2.42. The van der Waals surface area contributed by atoms with Gasteiger partial charge in [-0.05, 0) is 36.8 Å². The Morgan fingerprint density at radius 1 is 1.04 bits per heavy atom. The molecule has 6 nitrogen and oxygen atoms in total. The molecule has 0 fully saturated rings. The molecule has 0 heterocycles. The molecule has 2 rings (SSSR count). The van der Waals surface area contributed by atoms with Crippen molar-refractivity contribution >= 4 is 21.7 Å². The molecule has 2 aromatic carbocycles. The van der Waals surface area contributed by atoms with Crippen molar-refractivity contribution in [2.24, 2.45) is 0 Å². The quantitative estimate of drug-likeness (QED) is 0.751. The van der Waals surface area contributed by atoms with Gasteiger partial charge in [0, 0.05) is 11.8 Å². The first-order valence-corrected chi connectivity index (χ1v) is 10.0. The molecule has 1 N–H and O–H groups in total. The number of ether oxygens (including phenoxy) is 1. The molecular formula is C19H21NO5S. The summed E-state index contributed by atoms with van der Waals surface area (Å²) in [5.74, 6) is -0.808. The molecule has 1 atom stereocenters. The zero-order chi connectivity index (χ0) is 19.2. The van der Waals surface area contributed by atoms with Crippen LogP contribution in [0.25, 0.3) is 0 Å².